The number of halogens is 1. The third-order valence-corrected chi connectivity index (χ3v) is 3.14. The summed E-state index contributed by atoms with van der Waals surface area (Å²) in [6, 6.07) is 2.51. The van der Waals surface area contributed by atoms with Gasteiger partial charge < -0.3 is 20.5 Å². The van der Waals surface area contributed by atoms with E-state index in [-0.39, 0.29) is 6.54 Å². The van der Waals surface area contributed by atoms with Crippen LogP contribution in [-0.2, 0) is 4.79 Å². The van der Waals surface area contributed by atoms with Crippen LogP contribution in [0.1, 0.15) is 11.6 Å². The quantitative estimate of drug-likeness (QED) is 0.358. The molecule has 0 bridgehead atoms. The molecule has 9 heteroatoms. The predicted octanol–water partition coefficient (Wildman–Crippen LogP) is 1.54. The molecule has 1 aliphatic heterocycles. The Balaban J connectivity index is 2.21. The largest absolute Gasteiger partial charge is 0.486 e. The summed E-state index contributed by atoms with van der Waals surface area (Å²) in [5, 5.41) is 6.64. The molecule has 0 saturated carbocycles. The molecule has 0 fully saturated rings. The lowest BCUT2D eigenvalue weighted by molar-refractivity contribution is -0.120. The smallest absolute Gasteiger partial charge is 0.239 e. The summed E-state index contributed by atoms with van der Waals surface area (Å²) in [6.45, 7) is 1.36. The number of rotatable bonds is 6. The van der Waals surface area contributed by atoms with Crippen molar-refractivity contribution in [3.05, 3.63) is 33.2 Å². The predicted molar refractivity (Wildman–Crippen MR) is 76.4 cm³/mol. The van der Waals surface area contributed by atoms with Crippen LogP contribution in [0.2, 0.25) is 5.02 Å². The Morgan fingerprint density at radius 1 is 1.52 bits per heavy atom. The molecule has 1 amide bonds. The second kappa shape index (κ2) is 7.03. The highest BCUT2D eigenvalue weighted by atomic mass is 35.5. The van der Waals surface area contributed by atoms with Crippen molar-refractivity contribution in [2.24, 2.45) is 10.8 Å². The first-order chi connectivity index (χ1) is 10.1. The van der Waals surface area contributed by atoms with Gasteiger partial charge in [-0.15, -0.1) is 0 Å². The molecule has 1 unspecified atom stereocenters. The first-order valence-electron chi connectivity index (χ1n) is 6.26. The number of ether oxygens (including phenoxy) is 2. The van der Waals surface area contributed by atoms with Crippen LogP contribution in [-0.4, -0.2) is 32.2 Å². The van der Waals surface area contributed by atoms with Crippen LogP contribution >= 0.6 is 11.6 Å². The number of primary amides is 1. The summed E-state index contributed by atoms with van der Waals surface area (Å²) < 4.78 is 10.9. The minimum Gasteiger partial charge on any atom is -0.486 e. The van der Waals surface area contributed by atoms with Crippen LogP contribution in [0, 0.1) is 0 Å². The monoisotopic (exact) mass is 311 g/mol. The topological polar surface area (TPSA) is 122 Å². The van der Waals surface area contributed by atoms with Gasteiger partial charge in [0.25, 0.3) is 0 Å². The van der Waals surface area contributed by atoms with Crippen molar-refractivity contribution in [2.75, 3.05) is 26.3 Å². The van der Waals surface area contributed by atoms with E-state index in [1.54, 1.807) is 12.1 Å². The molecule has 1 aliphatic rings. The normalized spacial score (nSPS) is 14.1. The first kappa shape index (κ1) is 15.2. The van der Waals surface area contributed by atoms with Gasteiger partial charge in [0.05, 0.1) is 5.02 Å². The number of nitrogens with one attached hydrogen (secondary N) is 1. The SMILES string of the molecule is [N-]=[N+]=NCCNC(C(N)=O)c1cc(Cl)c2c(c1)OCCO2. The van der Waals surface area contributed by atoms with Gasteiger partial charge in [0.15, 0.2) is 11.5 Å². The van der Waals surface area contributed by atoms with Gasteiger partial charge in [-0.2, -0.15) is 0 Å². The highest BCUT2D eigenvalue weighted by Gasteiger charge is 2.23. The maximum Gasteiger partial charge on any atom is 0.239 e. The number of azide groups is 1. The van der Waals surface area contributed by atoms with Crippen LogP contribution < -0.4 is 20.5 Å². The van der Waals surface area contributed by atoms with Gasteiger partial charge in [0.1, 0.15) is 19.3 Å². The van der Waals surface area contributed by atoms with Gasteiger partial charge in [-0.3, -0.25) is 4.79 Å². The number of benzene rings is 1. The average molecular weight is 312 g/mol. The van der Waals surface area contributed by atoms with E-state index >= 15 is 0 Å². The molecule has 21 heavy (non-hydrogen) atoms. The summed E-state index contributed by atoms with van der Waals surface area (Å²) in [4.78, 5) is 14.2. The summed E-state index contributed by atoms with van der Waals surface area (Å²) in [5.41, 5.74) is 14.2. The van der Waals surface area contributed by atoms with Crippen LogP contribution in [0.3, 0.4) is 0 Å². The number of amides is 1. The second-order valence-electron chi connectivity index (χ2n) is 4.27. The molecule has 112 valence electrons. The molecule has 8 nitrogen and oxygen atoms in total. The Bertz CT molecular complexity index is 589. The molecule has 2 rings (SSSR count). The van der Waals surface area contributed by atoms with E-state index in [0.29, 0.717) is 41.8 Å². The fourth-order valence-corrected chi connectivity index (χ4v) is 2.26. The van der Waals surface area contributed by atoms with E-state index in [9.17, 15) is 4.79 Å². The van der Waals surface area contributed by atoms with E-state index in [1.807, 2.05) is 0 Å². The van der Waals surface area contributed by atoms with E-state index in [4.69, 9.17) is 32.3 Å². The highest BCUT2D eigenvalue weighted by Crippen LogP contribution is 2.39. The molecule has 0 aromatic heterocycles. The summed E-state index contributed by atoms with van der Waals surface area (Å²) >= 11 is 6.13. The Hall–Kier alpha value is -2.15. The molecular formula is C12H14ClN5O3. The minimum absolute atomic E-state index is 0.207. The average Bonchev–Trinajstić information content (AvgIpc) is 2.47. The third kappa shape index (κ3) is 3.69. The molecule has 1 atom stereocenters. The molecule has 0 saturated heterocycles. The number of hydrogen-bond acceptors (Lipinski definition) is 5. The van der Waals surface area contributed by atoms with Crippen LogP contribution in [0.4, 0.5) is 0 Å². The fraction of sp³-hybridized carbons (Fsp3) is 0.417. The fourth-order valence-electron chi connectivity index (χ4n) is 1.98. The number of carbonyl (C=O) groups is 1. The molecule has 0 aliphatic carbocycles. The van der Waals surface area contributed by atoms with Gasteiger partial charge in [0.2, 0.25) is 5.91 Å². The van der Waals surface area contributed by atoms with E-state index in [0.717, 1.165) is 0 Å². The molecular weight excluding hydrogens is 298 g/mol. The van der Waals surface area contributed by atoms with E-state index < -0.39 is 11.9 Å². The molecule has 1 heterocycles. The lowest BCUT2D eigenvalue weighted by Gasteiger charge is -2.22. The third-order valence-electron chi connectivity index (χ3n) is 2.86. The van der Waals surface area contributed by atoms with Gasteiger partial charge in [-0.1, -0.05) is 16.7 Å². The lowest BCUT2D eigenvalue weighted by Crippen LogP contribution is -2.35. The number of fused-ring (bicyclic) bond motifs is 1. The second-order valence-corrected chi connectivity index (χ2v) is 4.68. The van der Waals surface area contributed by atoms with Gasteiger partial charge >= 0.3 is 0 Å². The van der Waals surface area contributed by atoms with Crippen molar-refractivity contribution in [3.8, 4) is 11.5 Å². The Morgan fingerprint density at radius 3 is 3.00 bits per heavy atom. The molecule has 1 aromatic rings. The van der Waals surface area contributed by atoms with Crippen molar-refractivity contribution < 1.29 is 14.3 Å². The van der Waals surface area contributed by atoms with E-state index in [2.05, 4.69) is 15.3 Å². The maximum absolute atomic E-state index is 11.6. The van der Waals surface area contributed by atoms with Crippen molar-refractivity contribution >= 4 is 17.5 Å². The number of nitrogens with two attached hydrogens (primary N) is 1. The van der Waals surface area contributed by atoms with E-state index in [1.165, 1.54) is 0 Å². The van der Waals surface area contributed by atoms with Crippen LogP contribution in [0.15, 0.2) is 17.2 Å². The lowest BCUT2D eigenvalue weighted by atomic mass is 10.1. The number of hydrogen-bond donors (Lipinski definition) is 2. The zero-order valence-electron chi connectivity index (χ0n) is 11.1. The van der Waals surface area contributed by atoms with Crippen molar-refractivity contribution in [3.63, 3.8) is 0 Å². The van der Waals surface area contributed by atoms with Crippen molar-refractivity contribution in [2.45, 2.75) is 6.04 Å². The van der Waals surface area contributed by atoms with Crippen LogP contribution in [0.25, 0.3) is 10.4 Å². The van der Waals surface area contributed by atoms with Gasteiger partial charge in [-0.05, 0) is 23.2 Å². The van der Waals surface area contributed by atoms with Crippen LogP contribution in [0.5, 0.6) is 11.5 Å². The Morgan fingerprint density at radius 2 is 2.29 bits per heavy atom. The summed E-state index contributed by atoms with van der Waals surface area (Å²) in [7, 11) is 0. The Labute approximate surface area is 125 Å². The summed E-state index contributed by atoms with van der Waals surface area (Å²) in [6.07, 6.45) is 0. The Kier molecular flexibility index (Phi) is 5.10. The zero-order valence-corrected chi connectivity index (χ0v) is 11.8. The maximum atomic E-state index is 11.6. The van der Waals surface area contributed by atoms with Crippen molar-refractivity contribution in [1.82, 2.24) is 5.32 Å². The molecule has 3 N–H and O–H groups in total. The highest BCUT2D eigenvalue weighted by molar-refractivity contribution is 6.32. The number of nitrogens with zero attached hydrogens (tertiary/aromatic N) is 3. The standard InChI is InChI=1S/C12H14ClN5O3/c13-8-5-7(6-9-11(8)21-4-3-20-9)10(12(14)19)16-1-2-17-18-15/h5-6,10,16H,1-4H2,(H2,14,19). The van der Waals surface area contributed by atoms with Gasteiger partial charge in [-0.25, -0.2) is 0 Å². The minimum atomic E-state index is -0.757. The first-order valence-corrected chi connectivity index (χ1v) is 6.64. The molecule has 1 aromatic carbocycles. The van der Waals surface area contributed by atoms with Crippen molar-refractivity contribution in [1.29, 1.82) is 0 Å². The number of carbonyl (C=O) groups excluding carboxylic acids is 1. The van der Waals surface area contributed by atoms with Gasteiger partial charge in [0, 0.05) is 18.0 Å². The summed E-state index contributed by atoms with van der Waals surface area (Å²) in [5.74, 6) is 0.375. The molecule has 0 spiro atoms. The zero-order chi connectivity index (χ0) is 15.2. The molecule has 0 radical (unpaired) electrons.